The molecule has 0 fully saturated rings. The third kappa shape index (κ3) is 8.63. The van der Waals surface area contributed by atoms with E-state index in [-0.39, 0.29) is 0 Å². The first kappa shape index (κ1) is 15.6. The minimum Gasteiger partial charge on any atom is -0.179 e. The van der Waals surface area contributed by atoms with Crippen LogP contribution in [0.3, 0.4) is 0 Å². The van der Waals surface area contributed by atoms with E-state index < -0.39 is 0 Å². The minimum atomic E-state index is 1.06. The van der Waals surface area contributed by atoms with E-state index in [9.17, 15) is 0 Å². The zero-order valence-electron chi connectivity index (χ0n) is 11.6. The van der Waals surface area contributed by atoms with Gasteiger partial charge in [0, 0.05) is 0 Å². The molecule has 0 N–H and O–H groups in total. The zero-order valence-corrected chi connectivity index (χ0v) is 12.5. The lowest BCUT2D eigenvalue weighted by molar-refractivity contribution is 0.566. The summed E-state index contributed by atoms with van der Waals surface area (Å²) in [6.45, 7) is 0. The van der Waals surface area contributed by atoms with Crippen molar-refractivity contribution >= 4 is 12.6 Å². The predicted molar refractivity (Wildman–Crippen MR) is 85.6 cm³/mol. The van der Waals surface area contributed by atoms with E-state index in [4.69, 9.17) is 0 Å². The summed E-state index contributed by atoms with van der Waals surface area (Å²) in [5.41, 5.74) is 1.49. The molecule has 0 atom stereocenters. The molecule has 1 heteroatoms. The van der Waals surface area contributed by atoms with Crippen molar-refractivity contribution in [2.24, 2.45) is 0 Å². The van der Waals surface area contributed by atoms with Crippen molar-refractivity contribution in [3.05, 3.63) is 35.9 Å². The Labute approximate surface area is 119 Å². The smallest absolute Gasteiger partial charge is 0.00979 e. The van der Waals surface area contributed by atoms with Crippen LogP contribution in [0, 0.1) is 0 Å². The van der Waals surface area contributed by atoms with Crippen molar-refractivity contribution in [2.45, 2.75) is 64.2 Å². The van der Waals surface area contributed by atoms with Crippen molar-refractivity contribution < 1.29 is 0 Å². The Morgan fingerprint density at radius 2 is 1.11 bits per heavy atom. The van der Waals surface area contributed by atoms with Crippen molar-refractivity contribution in [1.82, 2.24) is 0 Å². The van der Waals surface area contributed by atoms with Gasteiger partial charge in [-0.15, -0.1) is 0 Å². The van der Waals surface area contributed by atoms with Crippen LogP contribution in [0.15, 0.2) is 30.3 Å². The summed E-state index contributed by atoms with van der Waals surface area (Å²) < 4.78 is 0. The lowest BCUT2D eigenvalue weighted by Gasteiger charge is -2.02. The molecule has 0 aliphatic carbocycles. The summed E-state index contributed by atoms with van der Waals surface area (Å²) in [5.74, 6) is 1.06. The van der Waals surface area contributed by atoms with Crippen LogP contribution in [0.2, 0.25) is 0 Å². The SMILES string of the molecule is SCCCCCCCCCCCc1ccccc1. The van der Waals surface area contributed by atoms with E-state index in [0.29, 0.717) is 0 Å². The van der Waals surface area contributed by atoms with Gasteiger partial charge in [0.25, 0.3) is 0 Å². The molecule has 0 nitrogen and oxygen atoms in total. The highest BCUT2D eigenvalue weighted by molar-refractivity contribution is 7.80. The molecule has 0 aliphatic rings. The Bertz CT molecular complexity index is 268. The molecule has 0 bridgehead atoms. The van der Waals surface area contributed by atoms with E-state index in [1.165, 1.54) is 69.8 Å². The lowest BCUT2D eigenvalue weighted by Crippen LogP contribution is -1.86. The molecule has 0 saturated carbocycles. The van der Waals surface area contributed by atoms with Crippen LogP contribution >= 0.6 is 12.6 Å². The van der Waals surface area contributed by atoms with Gasteiger partial charge in [0.1, 0.15) is 0 Å². The number of hydrogen-bond acceptors (Lipinski definition) is 1. The lowest BCUT2D eigenvalue weighted by atomic mass is 10.0. The second-order valence-electron chi connectivity index (χ2n) is 5.14. The molecule has 0 saturated heterocycles. The normalized spacial score (nSPS) is 10.7. The van der Waals surface area contributed by atoms with E-state index in [1.807, 2.05) is 0 Å². The standard InChI is InChI=1S/C17H28S/c18-16-12-7-5-3-1-2-4-6-9-13-17-14-10-8-11-15-17/h8,10-11,14-15,18H,1-7,9,12-13,16H2. The largest absolute Gasteiger partial charge is 0.179 e. The average molecular weight is 264 g/mol. The molecule has 1 rings (SSSR count). The molecule has 18 heavy (non-hydrogen) atoms. The van der Waals surface area contributed by atoms with Gasteiger partial charge in [-0.2, -0.15) is 12.6 Å². The van der Waals surface area contributed by atoms with Crippen molar-refractivity contribution in [3.63, 3.8) is 0 Å². The number of rotatable bonds is 11. The maximum Gasteiger partial charge on any atom is -0.00979 e. The van der Waals surface area contributed by atoms with Crippen molar-refractivity contribution in [3.8, 4) is 0 Å². The molecule has 0 aliphatic heterocycles. The number of unbranched alkanes of at least 4 members (excludes halogenated alkanes) is 8. The van der Waals surface area contributed by atoms with E-state index in [0.717, 1.165) is 5.75 Å². The number of benzene rings is 1. The number of thiol groups is 1. The molecule has 0 aromatic heterocycles. The van der Waals surface area contributed by atoms with Crippen LogP contribution in [0.5, 0.6) is 0 Å². The van der Waals surface area contributed by atoms with E-state index >= 15 is 0 Å². The fourth-order valence-electron chi connectivity index (χ4n) is 2.32. The highest BCUT2D eigenvalue weighted by atomic mass is 32.1. The van der Waals surface area contributed by atoms with Crippen LogP contribution in [-0.2, 0) is 6.42 Å². The van der Waals surface area contributed by atoms with Gasteiger partial charge in [-0.25, -0.2) is 0 Å². The molecule has 102 valence electrons. The zero-order chi connectivity index (χ0) is 12.9. The minimum absolute atomic E-state index is 1.06. The molecular weight excluding hydrogens is 236 g/mol. The summed E-state index contributed by atoms with van der Waals surface area (Å²) in [6.07, 6.45) is 13.8. The molecule has 0 spiro atoms. The van der Waals surface area contributed by atoms with Gasteiger partial charge in [0.15, 0.2) is 0 Å². The fourth-order valence-corrected chi connectivity index (χ4v) is 2.55. The van der Waals surface area contributed by atoms with Gasteiger partial charge in [-0.3, -0.25) is 0 Å². The van der Waals surface area contributed by atoms with Gasteiger partial charge in [0.2, 0.25) is 0 Å². The second-order valence-corrected chi connectivity index (χ2v) is 5.59. The Hall–Kier alpha value is -0.430. The molecule has 1 aromatic carbocycles. The Morgan fingerprint density at radius 3 is 1.67 bits per heavy atom. The molecule has 0 radical (unpaired) electrons. The Morgan fingerprint density at radius 1 is 0.611 bits per heavy atom. The number of hydrogen-bond donors (Lipinski definition) is 1. The second kappa shape index (κ2) is 11.6. The Balaban J connectivity index is 1.82. The summed E-state index contributed by atoms with van der Waals surface area (Å²) in [7, 11) is 0. The summed E-state index contributed by atoms with van der Waals surface area (Å²) in [4.78, 5) is 0. The summed E-state index contributed by atoms with van der Waals surface area (Å²) >= 11 is 4.23. The van der Waals surface area contributed by atoms with Crippen LogP contribution in [-0.4, -0.2) is 5.75 Å². The van der Waals surface area contributed by atoms with Gasteiger partial charge in [-0.1, -0.05) is 75.3 Å². The predicted octanol–water partition coefficient (Wildman–Crippen LogP) is 5.67. The third-order valence-electron chi connectivity index (χ3n) is 3.47. The van der Waals surface area contributed by atoms with Gasteiger partial charge in [-0.05, 0) is 30.6 Å². The van der Waals surface area contributed by atoms with E-state index in [1.54, 1.807) is 0 Å². The van der Waals surface area contributed by atoms with Gasteiger partial charge >= 0.3 is 0 Å². The third-order valence-corrected chi connectivity index (χ3v) is 3.78. The highest BCUT2D eigenvalue weighted by Gasteiger charge is 1.94. The maximum absolute atomic E-state index is 4.23. The first-order chi connectivity index (χ1) is 8.93. The first-order valence-corrected chi connectivity index (χ1v) is 8.21. The molecule has 0 amide bonds. The topological polar surface area (TPSA) is 0 Å². The molecule has 0 unspecified atom stereocenters. The van der Waals surface area contributed by atoms with E-state index in [2.05, 4.69) is 43.0 Å². The quantitative estimate of drug-likeness (QED) is 0.386. The van der Waals surface area contributed by atoms with Crippen LogP contribution < -0.4 is 0 Å². The monoisotopic (exact) mass is 264 g/mol. The fraction of sp³-hybridized carbons (Fsp3) is 0.647. The molecular formula is C17H28S. The molecule has 1 aromatic rings. The van der Waals surface area contributed by atoms with Crippen molar-refractivity contribution in [1.29, 1.82) is 0 Å². The summed E-state index contributed by atoms with van der Waals surface area (Å²) in [5, 5.41) is 0. The van der Waals surface area contributed by atoms with Gasteiger partial charge < -0.3 is 0 Å². The highest BCUT2D eigenvalue weighted by Crippen LogP contribution is 2.11. The van der Waals surface area contributed by atoms with Crippen LogP contribution in [0.25, 0.3) is 0 Å². The Kier molecular flexibility index (Phi) is 10.1. The first-order valence-electron chi connectivity index (χ1n) is 7.58. The van der Waals surface area contributed by atoms with Crippen LogP contribution in [0.1, 0.15) is 63.4 Å². The number of aryl methyl sites for hydroxylation is 1. The molecule has 0 heterocycles. The average Bonchev–Trinajstić information content (AvgIpc) is 2.42. The maximum atomic E-state index is 4.23. The van der Waals surface area contributed by atoms with Crippen molar-refractivity contribution in [2.75, 3.05) is 5.75 Å². The van der Waals surface area contributed by atoms with Crippen LogP contribution in [0.4, 0.5) is 0 Å². The van der Waals surface area contributed by atoms with Gasteiger partial charge in [0.05, 0.1) is 0 Å². The summed E-state index contributed by atoms with van der Waals surface area (Å²) in [6, 6.07) is 10.8.